The standard InChI is InChI=1S/C20H25NO3S/c22-20(17-7-3-1-4-8-17)18-11-13-21(14-12-18)15-16-25(23,24)19-9-5-2-6-10-19/h1-10,18,20,22H,11-16H2. The molecule has 1 unspecified atom stereocenters. The Balaban J connectivity index is 1.50. The van der Waals surface area contributed by atoms with Crippen LogP contribution in [-0.2, 0) is 9.84 Å². The van der Waals surface area contributed by atoms with E-state index >= 15 is 0 Å². The van der Waals surface area contributed by atoms with Crippen LogP contribution in [0.25, 0.3) is 0 Å². The second kappa shape index (κ2) is 8.13. The van der Waals surface area contributed by atoms with Crippen LogP contribution in [0.3, 0.4) is 0 Å². The number of aliphatic hydroxyl groups is 1. The molecule has 4 nitrogen and oxygen atoms in total. The van der Waals surface area contributed by atoms with Gasteiger partial charge in [0.1, 0.15) is 0 Å². The summed E-state index contributed by atoms with van der Waals surface area (Å²) in [4.78, 5) is 2.58. The molecule has 1 fully saturated rings. The number of rotatable bonds is 6. The van der Waals surface area contributed by atoms with E-state index in [0.29, 0.717) is 11.4 Å². The normalized spacial score (nSPS) is 18.1. The molecule has 3 rings (SSSR count). The van der Waals surface area contributed by atoms with Crippen molar-refractivity contribution in [1.82, 2.24) is 4.90 Å². The largest absolute Gasteiger partial charge is 0.388 e. The summed E-state index contributed by atoms with van der Waals surface area (Å²) in [7, 11) is -3.22. The molecular weight excluding hydrogens is 334 g/mol. The fourth-order valence-corrected chi connectivity index (χ4v) is 4.72. The highest BCUT2D eigenvalue weighted by Gasteiger charge is 2.27. The van der Waals surface area contributed by atoms with Gasteiger partial charge >= 0.3 is 0 Å². The Morgan fingerprint density at radius 3 is 2.12 bits per heavy atom. The third-order valence-electron chi connectivity index (χ3n) is 5.00. The molecule has 0 spiro atoms. The zero-order valence-electron chi connectivity index (χ0n) is 14.3. The first-order chi connectivity index (χ1) is 12.1. The van der Waals surface area contributed by atoms with Gasteiger partial charge in [-0.1, -0.05) is 48.5 Å². The Bertz CT molecular complexity index is 754. The first-order valence-electron chi connectivity index (χ1n) is 8.79. The molecule has 134 valence electrons. The van der Waals surface area contributed by atoms with Crippen LogP contribution in [0, 0.1) is 5.92 Å². The number of sulfone groups is 1. The summed E-state index contributed by atoms with van der Waals surface area (Å²) in [5.74, 6) is 0.382. The Morgan fingerprint density at radius 2 is 1.52 bits per heavy atom. The molecule has 1 N–H and O–H groups in total. The van der Waals surface area contributed by atoms with Crippen LogP contribution in [-0.4, -0.2) is 43.8 Å². The van der Waals surface area contributed by atoms with Crippen molar-refractivity contribution < 1.29 is 13.5 Å². The highest BCUT2D eigenvalue weighted by molar-refractivity contribution is 7.91. The first kappa shape index (κ1) is 18.1. The molecule has 25 heavy (non-hydrogen) atoms. The molecule has 0 aliphatic carbocycles. The van der Waals surface area contributed by atoms with Gasteiger partial charge in [0, 0.05) is 6.54 Å². The van der Waals surface area contributed by atoms with Crippen LogP contribution in [0.1, 0.15) is 24.5 Å². The number of nitrogens with zero attached hydrogens (tertiary/aromatic N) is 1. The van der Waals surface area contributed by atoms with Gasteiger partial charge in [-0.2, -0.15) is 0 Å². The van der Waals surface area contributed by atoms with Crippen LogP contribution in [0.15, 0.2) is 65.6 Å². The lowest BCUT2D eigenvalue weighted by atomic mass is 9.87. The van der Waals surface area contributed by atoms with Gasteiger partial charge in [-0.3, -0.25) is 0 Å². The van der Waals surface area contributed by atoms with Gasteiger partial charge in [0.05, 0.1) is 16.8 Å². The maximum absolute atomic E-state index is 12.4. The minimum atomic E-state index is -3.22. The van der Waals surface area contributed by atoms with Crippen LogP contribution >= 0.6 is 0 Å². The molecule has 0 radical (unpaired) electrons. The maximum atomic E-state index is 12.4. The fraction of sp³-hybridized carbons (Fsp3) is 0.400. The average Bonchev–Trinajstić information content (AvgIpc) is 2.68. The quantitative estimate of drug-likeness (QED) is 0.862. The van der Waals surface area contributed by atoms with Crippen molar-refractivity contribution >= 4 is 9.84 Å². The summed E-state index contributed by atoms with van der Waals surface area (Å²) >= 11 is 0. The summed E-state index contributed by atoms with van der Waals surface area (Å²) in [6, 6.07) is 18.4. The van der Waals surface area contributed by atoms with Gasteiger partial charge in [-0.25, -0.2) is 8.42 Å². The molecule has 1 aliphatic rings. The van der Waals surface area contributed by atoms with Crippen LogP contribution < -0.4 is 0 Å². The predicted octanol–water partition coefficient (Wildman–Crippen LogP) is 2.91. The van der Waals surface area contributed by atoms with Gasteiger partial charge in [0.25, 0.3) is 0 Å². The second-order valence-electron chi connectivity index (χ2n) is 6.67. The summed E-state index contributed by atoms with van der Waals surface area (Å²) in [5.41, 5.74) is 0.965. The molecule has 5 heteroatoms. The van der Waals surface area contributed by atoms with Crippen molar-refractivity contribution in [3.63, 3.8) is 0 Å². The predicted molar refractivity (Wildman–Crippen MR) is 99.1 cm³/mol. The van der Waals surface area contributed by atoms with E-state index in [1.807, 2.05) is 36.4 Å². The second-order valence-corrected chi connectivity index (χ2v) is 8.78. The lowest BCUT2D eigenvalue weighted by Gasteiger charge is -2.34. The molecule has 0 bridgehead atoms. The van der Waals surface area contributed by atoms with E-state index in [-0.39, 0.29) is 11.7 Å². The average molecular weight is 359 g/mol. The van der Waals surface area contributed by atoms with Crippen LogP contribution in [0.5, 0.6) is 0 Å². The van der Waals surface area contributed by atoms with Crippen molar-refractivity contribution in [2.75, 3.05) is 25.4 Å². The van der Waals surface area contributed by atoms with Crippen molar-refractivity contribution in [3.8, 4) is 0 Å². The first-order valence-corrected chi connectivity index (χ1v) is 10.4. The number of aliphatic hydroxyl groups excluding tert-OH is 1. The van der Waals surface area contributed by atoms with E-state index < -0.39 is 15.9 Å². The van der Waals surface area contributed by atoms with Gasteiger partial charge in [0.15, 0.2) is 9.84 Å². The van der Waals surface area contributed by atoms with E-state index in [9.17, 15) is 13.5 Å². The number of hydrogen-bond donors (Lipinski definition) is 1. The third-order valence-corrected chi connectivity index (χ3v) is 6.71. The minimum absolute atomic E-state index is 0.142. The Labute approximate surface area is 150 Å². The molecule has 0 amide bonds. The van der Waals surface area contributed by atoms with Crippen LogP contribution in [0.4, 0.5) is 0 Å². The van der Waals surface area contributed by atoms with Crippen molar-refractivity contribution in [2.45, 2.75) is 23.8 Å². The van der Waals surface area contributed by atoms with Gasteiger partial charge in [-0.05, 0) is 49.5 Å². The molecule has 1 heterocycles. The SMILES string of the molecule is O=S(=O)(CCN1CCC(C(O)c2ccccc2)CC1)c1ccccc1. The Kier molecular flexibility index (Phi) is 5.89. The zero-order chi connectivity index (χ0) is 17.7. The van der Waals surface area contributed by atoms with Gasteiger partial charge < -0.3 is 10.0 Å². The number of hydrogen-bond acceptors (Lipinski definition) is 4. The van der Waals surface area contributed by atoms with E-state index in [1.54, 1.807) is 24.3 Å². The Hall–Kier alpha value is -1.69. The minimum Gasteiger partial charge on any atom is -0.388 e. The molecular formula is C20H25NO3S. The maximum Gasteiger partial charge on any atom is 0.179 e. The third kappa shape index (κ3) is 4.69. The van der Waals surface area contributed by atoms with Gasteiger partial charge in [-0.15, -0.1) is 0 Å². The van der Waals surface area contributed by atoms with Crippen molar-refractivity contribution in [1.29, 1.82) is 0 Å². The van der Waals surface area contributed by atoms with E-state index in [2.05, 4.69) is 4.90 Å². The van der Waals surface area contributed by atoms with Crippen molar-refractivity contribution in [3.05, 3.63) is 66.2 Å². The lowest BCUT2D eigenvalue weighted by molar-refractivity contribution is 0.0606. The van der Waals surface area contributed by atoms with E-state index in [4.69, 9.17) is 0 Å². The highest BCUT2D eigenvalue weighted by atomic mass is 32.2. The smallest absolute Gasteiger partial charge is 0.179 e. The van der Waals surface area contributed by atoms with Gasteiger partial charge in [0.2, 0.25) is 0 Å². The monoisotopic (exact) mass is 359 g/mol. The molecule has 1 saturated heterocycles. The van der Waals surface area contributed by atoms with Crippen molar-refractivity contribution in [2.24, 2.45) is 5.92 Å². The van der Waals surface area contributed by atoms with E-state index in [0.717, 1.165) is 31.5 Å². The topological polar surface area (TPSA) is 57.6 Å². The summed E-state index contributed by atoms with van der Waals surface area (Å²) in [5, 5.41) is 10.5. The molecule has 1 atom stereocenters. The molecule has 1 aliphatic heterocycles. The number of likely N-dealkylation sites (tertiary alicyclic amines) is 1. The highest BCUT2D eigenvalue weighted by Crippen LogP contribution is 2.30. The molecule has 0 saturated carbocycles. The summed E-state index contributed by atoms with van der Waals surface area (Å²) in [6.45, 7) is 2.21. The lowest BCUT2D eigenvalue weighted by Crippen LogP contribution is -2.38. The summed E-state index contributed by atoms with van der Waals surface area (Å²) in [6.07, 6.45) is 1.35. The Morgan fingerprint density at radius 1 is 0.960 bits per heavy atom. The number of piperidine rings is 1. The molecule has 2 aromatic carbocycles. The van der Waals surface area contributed by atoms with E-state index in [1.165, 1.54) is 0 Å². The zero-order valence-corrected chi connectivity index (χ0v) is 15.1. The molecule has 0 aromatic heterocycles. The van der Waals surface area contributed by atoms with Crippen LogP contribution in [0.2, 0.25) is 0 Å². The fourth-order valence-electron chi connectivity index (χ4n) is 3.41. The summed E-state index contributed by atoms with van der Waals surface area (Å²) < 4.78 is 24.7. The molecule has 2 aromatic rings. The number of benzene rings is 2.